The maximum Gasteiger partial charge on any atom is 0.156 e. The molecule has 1 fully saturated rings. The molecule has 0 saturated heterocycles. The molecule has 50 valence electrons. The molecule has 1 unspecified atom stereocenters. The summed E-state index contributed by atoms with van der Waals surface area (Å²) in [7, 11) is 0. The van der Waals surface area contributed by atoms with E-state index in [1.807, 2.05) is 6.07 Å². The van der Waals surface area contributed by atoms with Gasteiger partial charge in [-0.25, -0.2) is 4.21 Å². The smallest absolute Gasteiger partial charge is 0.156 e. The van der Waals surface area contributed by atoms with Gasteiger partial charge in [0, 0.05) is 5.92 Å². The van der Waals surface area contributed by atoms with E-state index >= 15 is 0 Å². The maximum atomic E-state index is 10.2. The van der Waals surface area contributed by atoms with Crippen LogP contribution in [-0.4, -0.2) is 14.0 Å². The predicted molar refractivity (Wildman–Crippen MR) is 32.9 cm³/mol. The van der Waals surface area contributed by atoms with Crippen molar-refractivity contribution in [1.82, 2.24) is 0 Å². The van der Waals surface area contributed by atoms with Crippen molar-refractivity contribution < 1.29 is 8.76 Å². The third-order valence-electron chi connectivity index (χ3n) is 1.56. The van der Waals surface area contributed by atoms with Crippen LogP contribution in [0.3, 0.4) is 0 Å². The van der Waals surface area contributed by atoms with Gasteiger partial charge in [0.15, 0.2) is 11.1 Å². The van der Waals surface area contributed by atoms with Gasteiger partial charge in [-0.1, -0.05) is 0 Å². The average Bonchev–Trinajstić information content (AvgIpc) is 1.61. The molecule has 0 aliphatic heterocycles. The van der Waals surface area contributed by atoms with E-state index in [9.17, 15) is 4.21 Å². The molecular weight excluding hydrogens is 138 g/mol. The zero-order chi connectivity index (χ0) is 6.85. The third kappa shape index (κ3) is 1.29. The van der Waals surface area contributed by atoms with Gasteiger partial charge in [0.2, 0.25) is 0 Å². The van der Waals surface area contributed by atoms with Crippen LogP contribution in [0, 0.1) is 17.2 Å². The molecule has 1 saturated carbocycles. The second-order valence-electron chi connectivity index (χ2n) is 2.20. The zero-order valence-electron chi connectivity index (χ0n) is 4.78. The Morgan fingerprint density at radius 3 is 2.56 bits per heavy atom. The lowest BCUT2D eigenvalue weighted by Gasteiger charge is -2.26. The fourth-order valence-corrected chi connectivity index (χ4v) is 1.63. The SMILES string of the molecule is N#CC1CC(S(=O)O)C1. The van der Waals surface area contributed by atoms with Crippen molar-refractivity contribution in [2.75, 3.05) is 0 Å². The summed E-state index contributed by atoms with van der Waals surface area (Å²) >= 11 is -1.70. The second-order valence-corrected chi connectivity index (χ2v) is 3.41. The zero-order valence-corrected chi connectivity index (χ0v) is 5.60. The highest BCUT2D eigenvalue weighted by molar-refractivity contribution is 7.79. The molecule has 1 aliphatic rings. The first-order valence-corrected chi connectivity index (χ1v) is 3.90. The van der Waals surface area contributed by atoms with Crippen molar-refractivity contribution in [3.05, 3.63) is 0 Å². The third-order valence-corrected chi connectivity index (χ3v) is 2.52. The van der Waals surface area contributed by atoms with Gasteiger partial charge in [-0.2, -0.15) is 5.26 Å². The van der Waals surface area contributed by atoms with Gasteiger partial charge in [-0.15, -0.1) is 0 Å². The Hall–Kier alpha value is -0.400. The van der Waals surface area contributed by atoms with Crippen LogP contribution in [0.25, 0.3) is 0 Å². The molecule has 0 amide bonds. The summed E-state index contributed by atoms with van der Waals surface area (Å²) in [6.45, 7) is 0. The van der Waals surface area contributed by atoms with Crippen LogP contribution in [0.5, 0.6) is 0 Å². The van der Waals surface area contributed by atoms with Crippen molar-refractivity contribution in [2.24, 2.45) is 5.92 Å². The first-order chi connectivity index (χ1) is 4.24. The summed E-state index contributed by atoms with van der Waals surface area (Å²) in [5.74, 6) is 0.0334. The van der Waals surface area contributed by atoms with E-state index in [0.29, 0.717) is 12.8 Å². The van der Waals surface area contributed by atoms with Crippen molar-refractivity contribution >= 4 is 11.1 Å². The number of nitrogens with zero attached hydrogens (tertiary/aromatic N) is 1. The van der Waals surface area contributed by atoms with Gasteiger partial charge >= 0.3 is 0 Å². The highest BCUT2D eigenvalue weighted by Crippen LogP contribution is 2.29. The number of hydrogen-bond acceptors (Lipinski definition) is 2. The maximum absolute atomic E-state index is 10.2. The molecule has 1 N–H and O–H groups in total. The van der Waals surface area contributed by atoms with Gasteiger partial charge in [0.05, 0.1) is 11.3 Å². The quantitative estimate of drug-likeness (QED) is 0.547. The Morgan fingerprint density at radius 1 is 1.67 bits per heavy atom. The van der Waals surface area contributed by atoms with Gasteiger partial charge in [0.25, 0.3) is 0 Å². The Morgan fingerprint density at radius 2 is 2.22 bits per heavy atom. The van der Waals surface area contributed by atoms with Crippen molar-refractivity contribution in [1.29, 1.82) is 5.26 Å². The van der Waals surface area contributed by atoms with Crippen LogP contribution in [0.15, 0.2) is 0 Å². The molecule has 0 radical (unpaired) electrons. The lowest BCUT2D eigenvalue weighted by Crippen LogP contribution is -2.31. The molecule has 4 heteroatoms. The molecule has 3 nitrogen and oxygen atoms in total. The summed E-state index contributed by atoms with van der Waals surface area (Å²) in [6.07, 6.45) is 1.19. The minimum Gasteiger partial charge on any atom is -0.306 e. The Balaban J connectivity index is 2.29. The molecule has 0 aromatic heterocycles. The van der Waals surface area contributed by atoms with Crippen LogP contribution in [0.2, 0.25) is 0 Å². The molecule has 1 aliphatic carbocycles. The van der Waals surface area contributed by atoms with E-state index in [1.54, 1.807) is 0 Å². The predicted octanol–water partition coefficient (Wildman–Crippen LogP) is 0.510. The Labute approximate surface area is 56.0 Å². The largest absolute Gasteiger partial charge is 0.306 e. The summed E-state index contributed by atoms with van der Waals surface area (Å²) < 4.78 is 18.7. The number of rotatable bonds is 1. The summed E-state index contributed by atoms with van der Waals surface area (Å²) in [6, 6.07) is 2.04. The summed E-state index contributed by atoms with van der Waals surface area (Å²) in [5.41, 5.74) is 0. The highest BCUT2D eigenvalue weighted by atomic mass is 32.2. The first-order valence-electron chi connectivity index (χ1n) is 2.73. The minimum absolute atomic E-state index is 0.0334. The van der Waals surface area contributed by atoms with Crippen LogP contribution < -0.4 is 0 Å². The number of nitriles is 1. The van der Waals surface area contributed by atoms with Crippen LogP contribution >= 0.6 is 0 Å². The highest BCUT2D eigenvalue weighted by Gasteiger charge is 2.32. The molecule has 1 atom stereocenters. The van der Waals surface area contributed by atoms with Gasteiger partial charge in [0.1, 0.15) is 0 Å². The Kier molecular flexibility index (Phi) is 1.84. The van der Waals surface area contributed by atoms with Crippen LogP contribution in [-0.2, 0) is 11.1 Å². The van der Waals surface area contributed by atoms with E-state index in [1.165, 1.54) is 0 Å². The van der Waals surface area contributed by atoms with Crippen LogP contribution in [0.4, 0.5) is 0 Å². The fourth-order valence-electron chi connectivity index (χ4n) is 0.836. The molecule has 0 aromatic rings. The second kappa shape index (κ2) is 2.46. The number of hydrogen-bond donors (Lipinski definition) is 1. The van der Waals surface area contributed by atoms with Crippen molar-refractivity contribution in [3.8, 4) is 6.07 Å². The van der Waals surface area contributed by atoms with Crippen LogP contribution in [0.1, 0.15) is 12.8 Å². The molecule has 0 aromatic carbocycles. The molecule has 1 rings (SSSR count). The average molecular weight is 145 g/mol. The topological polar surface area (TPSA) is 61.1 Å². The lowest BCUT2D eigenvalue weighted by atomic mass is 9.86. The molecule has 9 heavy (non-hydrogen) atoms. The van der Waals surface area contributed by atoms with E-state index < -0.39 is 11.1 Å². The minimum atomic E-state index is -1.70. The lowest BCUT2D eigenvalue weighted by molar-refractivity contribution is 0.384. The van der Waals surface area contributed by atoms with Gasteiger partial charge in [-0.3, -0.25) is 0 Å². The Bertz CT molecular complexity index is 168. The monoisotopic (exact) mass is 145 g/mol. The normalized spacial score (nSPS) is 36.4. The molecule has 0 heterocycles. The van der Waals surface area contributed by atoms with Gasteiger partial charge in [-0.05, 0) is 12.8 Å². The van der Waals surface area contributed by atoms with E-state index in [2.05, 4.69) is 0 Å². The standard InChI is InChI=1S/C5H7NO2S/c6-3-4-1-5(2-4)9(7)8/h4-5H,1-2H2,(H,7,8). The summed E-state index contributed by atoms with van der Waals surface area (Å²) in [5, 5.41) is 8.13. The molecule has 0 spiro atoms. The van der Waals surface area contributed by atoms with E-state index in [0.717, 1.165) is 0 Å². The molecular formula is C5H7NO2S. The van der Waals surface area contributed by atoms with E-state index in [-0.39, 0.29) is 11.2 Å². The molecule has 0 bridgehead atoms. The van der Waals surface area contributed by atoms with Crippen molar-refractivity contribution in [2.45, 2.75) is 18.1 Å². The van der Waals surface area contributed by atoms with Gasteiger partial charge < -0.3 is 4.55 Å². The van der Waals surface area contributed by atoms with E-state index in [4.69, 9.17) is 9.81 Å². The fraction of sp³-hybridized carbons (Fsp3) is 0.800. The summed E-state index contributed by atoms with van der Waals surface area (Å²) in [4.78, 5) is 0. The first kappa shape index (κ1) is 6.72. The van der Waals surface area contributed by atoms with Crippen molar-refractivity contribution in [3.63, 3.8) is 0 Å².